The largest absolute Gasteiger partial charge is 0.479 e. The van der Waals surface area contributed by atoms with Crippen molar-refractivity contribution in [3.05, 3.63) is 65.5 Å². The van der Waals surface area contributed by atoms with Gasteiger partial charge < -0.3 is 14.2 Å². The van der Waals surface area contributed by atoms with Gasteiger partial charge in [0, 0.05) is 12.6 Å². The molecule has 0 N–H and O–H groups in total. The molecule has 0 unspecified atom stereocenters. The lowest BCUT2D eigenvalue weighted by Crippen LogP contribution is -2.39. The summed E-state index contributed by atoms with van der Waals surface area (Å²) in [5.41, 5.74) is 0.856. The molecular formula is C20H20ClN3O3. The zero-order chi connectivity index (χ0) is 19.2. The van der Waals surface area contributed by atoms with Gasteiger partial charge in [-0.1, -0.05) is 66.1 Å². The third kappa shape index (κ3) is 4.65. The molecule has 0 bridgehead atoms. The highest BCUT2D eigenvalue weighted by atomic mass is 35.5. The zero-order valence-corrected chi connectivity index (χ0v) is 15.9. The maximum atomic E-state index is 12.7. The molecule has 1 aromatic heterocycles. The summed E-state index contributed by atoms with van der Waals surface area (Å²) in [6.45, 7) is 2.08. The fourth-order valence-corrected chi connectivity index (χ4v) is 2.73. The van der Waals surface area contributed by atoms with Crippen molar-refractivity contribution in [2.45, 2.75) is 26.0 Å². The summed E-state index contributed by atoms with van der Waals surface area (Å²) in [5.74, 6) is 1.15. The molecular weight excluding hydrogens is 366 g/mol. The van der Waals surface area contributed by atoms with Gasteiger partial charge in [0.15, 0.2) is 6.10 Å². The molecule has 3 rings (SSSR count). The first-order valence-corrected chi connectivity index (χ1v) is 9.00. The monoisotopic (exact) mass is 385 g/mol. The Hall–Kier alpha value is -2.86. The molecule has 0 saturated heterocycles. The predicted molar refractivity (Wildman–Crippen MR) is 102 cm³/mol. The van der Waals surface area contributed by atoms with Crippen molar-refractivity contribution in [2.24, 2.45) is 0 Å². The highest BCUT2D eigenvalue weighted by molar-refractivity contribution is 6.32. The first-order valence-electron chi connectivity index (χ1n) is 8.62. The Bertz CT molecular complexity index is 898. The van der Waals surface area contributed by atoms with Crippen molar-refractivity contribution in [3.63, 3.8) is 0 Å². The van der Waals surface area contributed by atoms with Gasteiger partial charge in [0.25, 0.3) is 5.91 Å². The number of hydrogen-bond donors (Lipinski definition) is 0. The van der Waals surface area contributed by atoms with Crippen molar-refractivity contribution in [1.82, 2.24) is 15.0 Å². The van der Waals surface area contributed by atoms with Crippen LogP contribution < -0.4 is 4.74 Å². The van der Waals surface area contributed by atoms with E-state index in [4.69, 9.17) is 20.9 Å². The van der Waals surface area contributed by atoms with Crippen LogP contribution in [-0.4, -0.2) is 34.1 Å². The standard InChI is InChI=1S/C20H20ClN3O3/c1-3-16(26-17-12-8-7-11-15(17)21)20(25)24(2)13-18-22-19(23-27-18)14-9-5-4-6-10-14/h4-12,16H,3,13H2,1-2H3/t16-/m0/s1. The Morgan fingerprint density at radius 2 is 1.89 bits per heavy atom. The Morgan fingerprint density at radius 3 is 2.59 bits per heavy atom. The quantitative estimate of drug-likeness (QED) is 0.609. The minimum atomic E-state index is -0.647. The van der Waals surface area contributed by atoms with Crippen LogP contribution in [0.4, 0.5) is 0 Å². The van der Waals surface area contributed by atoms with E-state index in [1.165, 1.54) is 4.90 Å². The number of carbonyl (C=O) groups excluding carboxylic acids is 1. The summed E-state index contributed by atoms with van der Waals surface area (Å²) < 4.78 is 11.1. The van der Waals surface area contributed by atoms with Crippen LogP contribution in [0.5, 0.6) is 5.75 Å². The summed E-state index contributed by atoms with van der Waals surface area (Å²) in [5, 5.41) is 4.44. The minimum absolute atomic E-state index is 0.183. The number of aromatic nitrogens is 2. The normalized spacial score (nSPS) is 11.8. The van der Waals surface area contributed by atoms with Crippen LogP contribution in [0.1, 0.15) is 19.2 Å². The van der Waals surface area contributed by atoms with Crippen molar-refractivity contribution < 1.29 is 14.1 Å². The topological polar surface area (TPSA) is 68.5 Å². The van der Waals surface area contributed by atoms with Crippen molar-refractivity contribution in [2.75, 3.05) is 7.05 Å². The summed E-state index contributed by atoms with van der Waals surface area (Å²) in [4.78, 5) is 18.6. The molecule has 0 saturated carbocycles. The average Bonchev–Trinajstić information content (AvgIpc) is 3.16. The van der Waals surface area contributed by atoms with Gasteiger partial charge in [0.05, 0.1) is 11.6 Å². The molecule has 140 valence electrons. The van der Waals surface area contributed by atoms with Gasteiger partial charge in [-0.15, -0.1) is 0 Å². The Morgan fingerprint density at radius 1 is 1.19 bits per heavy atom. The highest BCUT2D eigenvalue weighted by Crippen LogP contribution is 2.25. The van der Waals surface area contributed by atoms with E-state index in [1.54, 1.807) is 19.2 Å². The van der Waals surface area contributed by atoms with E-state index in [0.29, 0.717) is 28.9 Å². The number of carbonyl (C=O) groups is 1. The van der Waals surface area contributed by atoms with Crippen molar-refractivity contribution in [3.8, 4) is 17.1 Å². The van der Waals surface area contributed by atoms with Gasteiger partial charge in [-0.05, 0) is 18.6 Å². The lowest BCUT2D eigenvalue weighted by Gasteiger charge is -2.23. The third-order valence-electron chi connectivity index (χ3n) is 4.00. The molecule has 27 heavy (non-hydrogen) atoms. The number of amides is 1. The molecule has 1 heterocycles. The molecule has 7 heteroatoms. The van der Waals surface area contributed by atoms with Crippen LogP contribution in [-0.2, 0) is 11.3 Å². The number of para-hydroxylation sites is 1. The maximum absolute atomic E-state index is 12.7. The molecule has 1 atom stereocenters. The summed E-state index contributed by atoms with van der Waals surface area (Å²) in [6.07, 6.45) is -0.139. The van der Waals surface area contributed by atoms with Crippen LogP contribution in [0.15, 0.2) is 59.1 Å². The number of likely N-dealkylation sites (N-methyl/N-ethyl adjacent to an activating group) is 1. The Labute approximate surface area is 162 Å². The second-order valence-electron chi connectivity index (χ2n) is 6.02. The van der Waals surface area contributed by atoms with Crippen LogP contribution in [0.25, 0.3) is 11.4 Å². The van der Waals surface area contributed by atoms with Gasteiger partial charge in [-0.2, -0.15) is 4.98 Å². The fourth-order valence-electron chi connectivity index (χ4n) is 2.55. The summed E-state index contributed by atoms with van der Waals surface area (Å²) in [6, 6.07) is 16.6. The van der Waals surface area contributed by atoms with Gasteiger partial charge in [-0.25, -0.2) is 0 Å². The molecule has 0 spiro atoms. The minimum Gasteiger partial charge on any atom is -0.479 e. The third-order valence-corrected chi connectivity index (χ3v) is 4.31. The Kier molecular flexibility index (Phi) is 6.08. The molecule has 2 aromatic carbocycles. The lowest BCUT2D eigenvalue weighted by atomic mass is 10.2. The second-order valence-corrected chi connectivity index (χ2v) is 6.42. The molecule has 0 fully saturated rings. The maximum Gasteiger partial charge on any atom is 0.263 e. The van der Waals surface area contributed by atoms with Crippen LogP contribution >= 0.6 is 11.6 Å². The molecule has 0 aliphatic heterocycles. The van der Waals surface area contributed by atoms with Crippen LogP contribution in [0, 0.1) is 0 Å². The summed E-state index contributed by atoms with van der Waals surface area (Å²) in [7, 11) is 1.67. The number of rotatable bonds is 7. The SMILES string of the molecule is CC[C@H](Oc1ccccc1Cl)C(=O)N(C)Cc1nc(-c2ccccc2)no1. The number of hydrogen-bond acceptors (Lipinski definition) is 5. The highest BCUT2D eigenvalue weighted by Gasteiger charge is 2.24. The number of halogens is 1. The first kappa shape index (κ1) is 18.9. The molecule has 0 radical (unpaired) electrons. The number of benzene rings is 2. The van der Waals surface area contributed by atoms with Gasteiger partial charge in [-0.3, -0.25) is 4.79 Å². The van der Waals surface area contributed by atoms with Crippen LogP contribution in [0.2, 0.25) is 5.02 Å². The van der Waals surface area contributed by atoms with Gasteiger partial charge >= 0.3 is 0 Å². The van der Waals surface area contributed by atoms with E-state index in [0.717, 1.165) is 5.56 Å². The van der Waals surface area contributed by atoms with Crippen molar-refractivity contribution >= 4 is 17.5 Å². The zero-order valence-electron chi connectivity index (χ0n) is 15.1. The lowest BCUT2D eigenvalue weighted by molar-refractivity contribution is -0.138. The van der Waals surface area contributed by atoms with E-state index in [1.807, 2.05) is 49.4 Å². The second kappa shape index (κ2) is 8.68. The molecule has 6 nitrogen and oxygen atoms in total. The summed E-state index contributed by atoms with van der Waals surface area (Å²) >= 11 is 6.12. The molecule has 0 aliphatic rings. The molecule has 1 amide bonds. The average molecular weight is 386 g/mol. The van der Waals surface area contributed by atoms with Gasteiger partial charge in [0.2, 0.25) is 11.7 Å². The molecule has 3 aromatic rings. The smallest absolute Gasteiger partial charge is 0.263 e. The van der Waals surface area contributed by atoms with E-state index in [-0.39, 0.29) is 12.5 Å². The van der Waals surface area contributed by atoms with E-state index in [2.05, 4.69) is 10.1 Å². The van der Waals surface area contributed by atoms with E-state index in [9.17, 15) is 4.79 Å². The Balaban J connectivity index is 1.66. The predicted octanol–water partition coefficient (Wildman–Crippen LogP) is 4.21. The van der Waals surface area contributed by atoms with Crippen molar-refractivity contribution in [1.29, 1.82) is 0 Å². The number of ether oxygens (including phenoxy) is 1. The van der Waals surface area contributed by atoms with Gasteiger partial charge in [0.1, 0.15) is 5.75 Å². The first-order chi connectivity index (χ1) is 13.1. The molecule has 0 aliphatic carbocycles. The van der Waals surface area contributed by atoms with Crippen LogP contribution in [0.3, 0.4) is 0 Å². The number of nitrogens with zero attached hydrogens (tertiary/aromatic N) is 3. The van der Waals surface area contributed by atoms with E-state index >= 15 is 0 Å². The fraction of sp³-hybridized carbons (Fsp3) is 0.250. The van der Waals surface area contributed by atoms with E-state index < -0.39 is 6.10 Å².